The maximum atomic E-state index is 12.4. The normalized spacial score (nSPS) is 11.3. The van der Waals surface area contributed by atoms with Crippen molar-refractivity contribution < 1.29 is 4.79 Å². The number of amides is 1. The summed E-state index contributed by atoms with van der Waals surface area (Å²) >= 11 is 0. The third-order valence-corrected chi connectivity index (χ3v) is 2.85. The minimum Gasteiger partial charge on any atom is -0.321 e. The van der Waals surface area contributed by atoms with Gasteiger partial charge in [-0.2, -0.15) is 5.10 Å². The zero-order valence-corrected chi connectivity index (χ0v) is 12.8. The predicted octanol–water partition coefficient (Wildman–Crippen LogP) is 2.65. The molecule has 0 fully saturated rings. The number of nitrogens with one attached hydrogen (secondary N) is 2. The van der Waals surface area contributed by atoms with Crippen LogP contribution in [0.5, 0.6) is 0 Å². The second kappa shape index (κ2) is 7.95. The topological polar surface area (TPSA) is 56.7 Å². The van der Waals surface area contributed by atoms with Gasteiger partial charge in [-0.25, -0.2) is 0 Å². The van der Waals surface area contributed by atoms with Gasteiger partial charge in [-0.1, -0.05) is 36.4 Å². The van der Waals surface area contributed by atoms with Crippen LogP contribution in [0.15, 0.2) is 65.8 Å². The van der Waals surface area contributed by atoms with E-state index in [1.165, 1.54) is 0 Å². The summed E-state index contributed by atoms with van der Waals surface area (Å²) in [5.41, 5.74) is 4.92. The molecule has 5 nitrogen and oxygen atoms in total. The molecule has 0 heterocycles. The van der Waals surface area contributed by atoms with Crippen molar-refractivity contribution >= 4 is 23.0 Å². The Hall–Kier alpha value is -2.66. The van der Waals surface area contributed by atoms with Gasteiger partial charge < -0.3 is 10.2 Å². The largest absolute Gasteiger partial charge is 0.321 e. The maximum Gasteiger partial charge on any atom is 0.273 e. The molecule has 5 heteroatoms. The van der Waals surface area contributed by atoms with Crippen molar-refractivity contribution in [2.24, 2.45) is 5.10 Å². The van der Waals surface area contributed by atoms with Crippen LogP contribution in [0.4, 0.5) is 11.4 Å². The average Bonchev–Trinajstić information content (AvgIpc) is 2.53. The Kier molecular flexibility index (Phi) is 5.68. The Bertz CT molecular complexity index is 624. The van der Waals surface area contributed by atoms with Gasteiger partial charge in [-0.15, -0.1) is 0 Å². The van der Waals surface area contributed by atoms with Gasteiger partial charge in [0.15, 0.2) is 0 Å². The third-order valence-electron chi connectivity index (χ3n) is 2.85. The van der Waals surface area contributed by atoms with Crippen LogP contribution in [-0.2, 0) is 4.79 Å². The summed E-state index contributed by atoms with van der Waals surface area (Å²) < 4.78 is 0. The predicted molar refractivity (Wildman–Crippen MR) is 91.1 cm³/mol. The van der Waals surface area contributed by atoms with Gasteiger partial charge in [-0.3, -0.25) is 10.2 Å². The first kappa shape index (κ1) is 15.7. The van der Waals surface area contributed by atoms with Crippen LogP contribution in [0, 0.1) is 0 Å². The molecule has 2 aromatic carbocycles. The summed E-state index contributed by atoms with van der Waals surface area (Å²) in [5.74, 6) is -0.219. The van der Waals surface area contributed by atoms with E-state index in [-0.39, 0.29) is 5.91 Å². The van der Waals surface area contributed by atoms with E-state index in [1.54, 1.807) is 0 Å². The molecule has 22 heavy (non-hydrogen) atoms. The van der Waals surface area contributed by atoms with Crippen molar-refractivity contribution in [1.29, 1.82) is 0 Å². The second-order valence-corrected chi connectivity index (χ2v) is 5.09. The fourth-order valence-electron chi connectivity index (χ4n) is 1.83. The Balaban J connectivity index is 2.09. The number of carbonyl (C=O) groups excluding carboxylic acids is 1. The first-order chi connectivity index (χ1) is 10.6. The van der Waals surface area contributed by atoms with Gasteiger partial charge in [0, 0.05) is 12.2 Å². The maximum absolute atomic E-state index is 12.4. The highest BCUT2D eigenvalue weighted by Crippen LogP contribution is 2.07. The van der Waals surface area contributed by atoms with E-state index in [0.717, 1.165) is 11.4 Å². The monoisotopic (exact) mass is 296 g/mol. The van der Waals surface area contributed by atoms with Crippen molar-refractivity contribution in [2.45, 2.75) is 0 Å². The average molecular weight is 296 g/mol. The molecule has 2 N–H and O–H groups in total. The molecular weight excluding hydrogens is 276 g/mol. The highest BCUT2D eigenvalue weighted by Gasteiger charge is 2.13. The lowest BCUT2D eigenvalue weighted by molar-refractivity contribution is -0.110. The van der Waals surface area contributed by atoms with Crippen molar-refractivity contribution in [3.8, 4) is 0 Å². The molecule has 114 valence electrons. The summed E-state index contributed by atoms with van der Waals surface area (Å²) in [6, 6.07) is 18.9. The highest BCUT2D eigenvalue weighted by atomic mass is 16.2. The molecule has 0 unspecified atom stereocenters. The second-order valence-electron chi connectivity index (χ2n) is 5.09. The molecule has 0 saturated heterocycles. The number of para-hydroxylation sites is 2. The molecule has 2 rings (SSSR count). The molecular formula is C17H20N4O. The van der Waals surface area contributed by atoms with E-state index in [9.17, 15) is 4.79 Å². The lowest BCUT2D eigenvalue weighted by Gasteiger charge is -2.13. The smallest absolute Gasteiger partial charge is 0.273 e. The first-order valence-electron chi connectivity index (χ1n) is 7.04. The Morgan fingerprint density at radius 2 is 1.50 bits per heavy atom. The summed E-state index contributed by atoms with van der Waals surface area (Å²) in [7, 11) is 3.79. The standard InChI is InChI=1S/C17H20N4O/c1-21(2)13-16(20-19-15-11-7-4-8-12-15)17(22)18-14-9-5-3-6-10-14/h3-12,19H,13H2,1-2H3,(H,18,22)/b20-16+. The molecule has 0 aliphatic rings. The number of rotatable bonds is 6. The molecule has 2 aromatic rings. The number of nitrogens with zero attached hydrogens (tertiary/aromatic N) is 2. The van der Waals surface area contributed by atoms with Crippen LogP contribution < -0.4 is 10.7 Å². The molecule has 0 aromatic heterocycles. The molecule has 0 saturated carbocycles. The van der Waals surface area contributed by atoms with Gasteiger partial charge >= 0.3 is 0 Å². The summed E-state index contributed by atoms with van der Waals surface area (Å²) in [5, 5.41) is 7.09. The van der Waals surface area contributed by atoms with Crippen LogP contribution in [0.3, 0.4) is 0 Å². The summed E-state index contributed by atoms with van der Waals surface area (Å²) in [6.07, 6.45) is 0. The zero-order valence-electron chi connectivity index (χ0n) is 12.8. The quantitative estimate of drug-likeness (QED) is 0.636. The molecule has 0 radical (unpaired) electrons. The lowest BCUT2D eigenvalue weighted by Crippen LogP contribution is -2.33. The summed E-state index contributed by atoms with van der Waals surface area (Å²) in [4.78, 5) is 14.3. The number of carbonyl (C=O) groups is 1. The van der Waals surface area contributed by atoms with Crippen LogP contribution in [0.25, 0.3) is 0 Å². The number of anilines is 2. The molecule has 0 bridgehead atoms. The summed E-state index contributed by atoms with van der Waals surface area (Å²) in [6.45, 7) is 0.443. The number of hydrazone groups is 1. The molecule has 0 aliphatic carbocycles. The van der Waals surface area contributed by atoms with Crippen LogP contribution in [0.1, 0.15) is 0 Å². The van der Waals surface area contributed by atoms with E-state index in [4.69, 9.17) is 0 Å². The number of hydrogen-bond acceptors (Lipinski definition) is 4. The van der Waals surface area contributed by atoms with E-state index in [2.05, 4.69) is 15.8 Å². The van der Waals surface area contributed by atoms with Crippen LogP contribution >= 0.6 is 0 Å². The van der Waals surface area contributed by atoms with Crippen molar-refractivity contribution in [3.63, 3.8) is 0 Å². The fraction of sp³-hybridized carbons (Fsp3) is 0.176. The third kappa shape index (κ3) is 5.03. The Morgan fingerprint density at radius 1 is 0.955 bits per heavy atom. The SMILES string of the molecule is CN(C)C/C(=N\Nc1ccccc1)C(=O)Nc1ccccc1. The van der Waals surface area contributed by atoms with E-state index >= 15 is 0 Å². The van der Waals surface area contributed by atoms with Gasteiger partial charge in [0.2, 0.25) is 0 Å². The van der Waals surface area contributed by atoms with Gasteiger partial charge in [0.1, 0.15) is 5.71 Å². The van der Waals surface area contributed by atoms with E-state index < -0.39 is 0 Å². The van der Waals surface area contributed by atoms with Gasteiger partial charge in [-0.05, 0) is 38.4 Å². The molecule has 0 atom stereocenters. The van der Waals surface area contributed by atoms with Gasteiger partial charge in [0.05, 0.1) is 5.69 Å². The number of hydrogen-bond donors (Lipinski definition) is 2. The van der Waals surface area contributed by atoms with Crippen molar-refractivity contribution in [2.75, 3.05) is 31.4 Å². The van der Waals surface area contributed by atoms with E-state index in [0.29, 0.717) is 12.3 Å². The van der Waals surface area contributed by atoms with Crippen molar-refractivity contribution in [1.82, 2.24) is 4.90 Å². The number of benzene rings is 2. The molecule has 0 spiro atoms. The molecule has 1 amide bonds. The van der Waals surface area contributed by atoms with Crippen LogP contribution in [-0.4, -0.2) is 37.2 Å². The Labute approximate surface area is 130 Å². The molecule has 0 aliphatic heterocycles. The fourth-order valence-corrected chi connectivity index (χ4v) is 1.83. The Morgan fingerprint density at radius 3 is 2.05 bits per heavy atom. The van der Waals surface area contributed by atoms with E-state index in [1.807, 2.05) is 79.7 Å². The van der Waals surface area contributed by atoms with Gasteiger partial charge in [0.25, 0.3) is 5.91 Å². The van der Waals surface area contributed by atoms with Crippen LogP contribution in [0.2, 0.25) is 0 Å². The lowest BCUT2D eigenvalue weighted by atomic mass is 10.3. The minimum absolute atomic E-state index is 0.219. The van der Waals surface area contributed by atoms with Crippen molar-refractivity contribution in [3.05, 3.63) is 60.7 Å². The first-order valence-corrected chi connectivity index (χ1v) is 7.04. The minimum atomic E-state index is -0.219. The zero-order chi connectivity index (χ0) is 15.8. The highest BCUT2D eigenvalue weighted by molar-refractivity contribution is 6.43.